The van der Waals surface area contributed by atoms with E-state index in [2.05, 4.69) is 21.0 Å². The molecule has 2 aromatic carbocycles. The minimum absolute atomic E-state index is 0.217. The van der Waals surface area contributed by atoms with Gasteiger partial charge in [-0.1, -0.05) is 62.4 Å². The first kappa shape index (κ1) is 34.1. The third kappa shape index (κ3) is 9.19. The molecule has 2 fully saturated rings. The van der Waals surface area contributed by atoms with Gasteiger partial charge in [0.25, 0.3) is 11.8 Å². The lowest BCUT2D eigenvalue weighted by molar-refractivity contribution is -0.124. The molecule has 0 radical (unpaired) electrons. The Bertz CT molecular complexity index is 1640. The predicted molar refractivity (Wildman–Crippen MR) is 180 cm³/mol. The number of nitrogens with two attached hydrogens (primary N) is 1. The molecule has 12 nitrogen and oxygen atoms in total. The molecule has 0 spiro atoms. The van der Waals surface area contributed by atoms with Crippen molar-refractivity contribution in [1.82, 2.24) is 30.0 Å². The summed E-state index contributed by atoms with van der Waals surface area (Å²) >= 11 is 0. The molecule has 13 heteroatoms. The second-order valence-corrected chi connectivity index (χ2v) is 14.6. The number of hydrogen-bond donors (Lipinski definition) is 4. The van der Waals surface area contributed by atoms with Crippen LogP contribution >= 0.6 is 0 Å². The van der Waals surface area contributed by atoms with Crippen molar-refractivity contribution in [3.8, 4) is 5.69 Å². The molecule has 252 valence electrons. The van der Waals surface area contributed by atoms with Gasteiger partial charge in [0.2, 0.25) is 15.9 Å². The Labute approximate surface area is 276 Å². The van der Waals surface area contributed by atoms with Crippen molar-refractivity contribution in [2.45, 2.75) is 76.4 Å². The van der Waals surface area contributed by atoms with Crippen molar-refractivity contribution in [1.29, 1.82) is 0 Å². The molecule has 1 aliphatic heterocycles. The van der Waals surface area contributed by atoms with Crippen LogP contribution in [-0.2, 0) is 21.4 Å². The largest absolute Gasteiger partial charge is 0.383 e. The van der Waals surface area contributed by atoms with Crippen LogP contribution in [0.15, 0.2) is 60.8 Å². The highest BCUT2D eigenvalue weighted by molar-refractivity contribution is 7.88. The zero-order valence-corrected chi connectivity index (χ0v) is 27.7. The summed E-state index contributed by atoms with van der Waals surface area (Å²) in [5, 5.41) is 13.1. The summed E-state index contributed by atoms with van der Waals surface area (Å²) in [5.41, 5.74) is 8.39. The van der Waals surface area contributed by atoms with Gasteiger partial charge in [-0.25, -0.2) is 17.4 Å². The van der Waals surface area contributed by atoms with Gasteiger partial charge >= 0.3 is 0 Å². The Hall–Kier alpha value is -4.23. The van der Waals surface area contributed by atoms with Gasteiger partial charge in [0.15, 0.2) is 0 Å². The van der Waals surface area contributed by atoms with E-state index in [1.54, 1.807) is 24.3 Å². The van der Waals surface area contributed by atoms with Gasteiger partial charge in [-0.05, 0) is 61.4 Å². The van der Waals surface area contributed by atoms with Gasteiger partial charge in [0.1, 0.15) is 17.4 Å². The highest BCUT2D eigenvalue weighted by atomic mass is 32.2. The summed E-state index contributed by atoms with van der Waals surface area (Å²) in [6, 6.07) is 15.1. The van der Waals surface area contributed by atoms with Crippen molar-refractivity contribution in [3.05, 3.63) is 77.5 Å². The minimum Gasteiger partial charge on any atom is -0.383 e. The zero-order chi connectivity index (χ0) is 33.4. The number of nitrogens with one attached hydrogen (secondary N) is 3. The molecule has 1 saturated carbocycles. The van der Waals surface area contributed by atoms with Crippen LogP contribution in [0.4, 0.5) is 5.82 Å². The van der Waals surface area contributed by atoms with Crippen LogP contribution in [0.2, 0.25) is 0 Å². The van der Waals surface area contributed by atoms with E-state index in [9.17, 15) is 22.8 Å². The summed E-state index contributed by atoms with van der Waals surface area (Å²) in [6.07, 6.45) is 11.2. The number of anilines is 1. The van der Waals surface area contributed by atoms with E-state index in [0.29, 0.717) is 37.3 Å². The van der Waals surface area contributed by atoms with Crippen LogP contribution in [0, 0.1) is 5.92 Å². The third-order valence-electron chi connectivity index (χ3n) is 9.13. The Morgan fingerprint density at radius 3 is 2.38 bits per heavy atom. The average Bonchev–Trinajstić information content (AvgIpc) is 3.47. The molecule has 1 saturated heterocycles. The molecule has 2 heterocycles. The van der Waals surface area contributed by atoms with Gasteiger partial charge < -0.3 is 21.7 Å². The Morgan fingerprint density at radius 2 is 1.68 bits per heavy atom. The van der Waals surface area contributed by atoms with Gasteiger partial charge in [-0.15, -0.1) is 0 Å². The highest BCUT2D eigenvalue weighted by Gasteiger charge is 2.30. The fraction of sp³-hybridized carbons (Fsp3) is 0.471. The minimum atomic E-state index is -3.35. The smallest absolute Gasteiger partial charge is 0.256 e. The van der Waals surface area contributed by atoms with Gasteiger partial charge in [-0.3, -0.25) is 14.4 Å². The van der Waals surface area contributed by atoms with Gasteiger partial charge in [0, 0.05) is 31.2 Å². The molecule has 0 unspecified atom stereocenters. The quantitative estimate of drug-likeness (QED) is 0.230. The first-order valence-corrected chi connectivity index (χ1v) is 18.3. The Balaban J connectivity index is 1.18. The van der Waals surface area contributed by atoms with E-state index < -0.39 is 16.1 Å². The van der Waals surface area contributed by atoms with Crippen LogP contribution in [0.1, 0.15) is 84.1 Å². The third-order valence-corrected chi connectivity index (χ3v) is 10.4. The second-order valence-electron chi connectivity index (χ2n) is 12.6. The summed E-state index contributed by atoms with van der Waals surface area (Å²) < 4.78 is 27.1. The van der Waals surface area contributed by atoms with E-state index in [1.807, 2.05) is 30.3 Å². The number of aromatic nitrogens is 2. The van der Waals surface area contributed by atoms with Crippen molar-refractivity contribution in [2.75, 3.05) is 25.1 Å². The predicted octanol–water partition coefficient (Wildman–Crippen LogP) is 3.38. The fourth-order valence-electron chi connectivity index (χ4n) is 6.41. The fourth-order valence-corrected chi connectivity index (χ4v) is 7.32. The van der Waals surface area contributed by atoms with Gasteiger partial charge in [-0.2, -0.15) is 5.10 Å². The van der Waals surface area contributed by atoms with Crippen molar-refractivity contribution >= 4 is 33.6 Å². The molecule has 47 heavy (non-hydrogen) atoms. The standard InChI is InChI=1S/C34H45N7O5S/c1-47(45,46)40-20-8-11-27(23-40)38-34(44)30(19-16-24-9-4-2-5-10-24)39-32(42)26-17-14-25(15-18-26)21-36-33(43)29-22-37-41(31(29)35)28-12-6-3-7-13-28/h3,6-7,12-15,17-18,22,24,27,30H,2,4-5,8-11,16,19-21,23,35H2,1H3,(H,36,43)(H,38,44)(H,39,42)/t27-,30-/m0/s1. The number of benzene rings is 2. The maximum Gasteiger partial charge on any atom is 0.256 e. The number of hydrogen-bond acceptors (Lipinski definition) is 7. The SMILES string of the molecule is CS(=O)(=O)N1CCC[C@H](NC(=O)[C@H](CCC2CCCCC2)NC(=O)c2ccc(CNC(=O)c3cnn(-c4ccccc4)c3N)cc2)C1. The van der Waals surface area contributed by atoms with E-state index in [0.717, 1.165) is 30.5 Å². The summed E-state index contributed by atoms with van der Waals surface area (Å²) in [7, 11) is -3.35. The molecule has 0 bridgehead atoms. The lowest BCUT2D eigenvalue weighted by Crippen LogP contribution is -2.54. The lowest BCUT2D eigenvalue weighted by Gasteiger charge is -2.32. The van der Waals surface area contributed by atoms with E-state index >= 15 is 0 Å². The van der Waals surface area contributed by atoms with E-state index in [4.69, 9.17) is 5.73 Å². The van der Waals surface area contributed by atoms with Crippen molar-refractivity contribution in [3.63, 3.8) is 0 Å². The number of nitrogens with zero attached hydrogens (tertiary/aromatic N) is 3. The number of piperidine rings is 1. The van der Waals surface area contributed by atoms with Crippen LogP contribution < -0.4 is 21.7 Å². The van der Waals surface area contributed by atoms with Crippen LogP contribution in [-0.4, -0.2) is 71.7 Å². The van der Waals surface area contributed by atoms with Crippen molar-refractivity contribution < 1.29 is 22.8 Å². The number of rotatable bonds is 12. The van der Waals surface area contributed by atoms with E-state index in [1.165, 1.54) is 40.7 Å². The number of sulfonamides is 1. The molecule has 3 aromatic rings. The molecule has 3 amide bonds. The first-order chi connectivity index (χ1) is 22.6. The highest BCUT2D eigenvalue weighted by Crippen LogP contribution is 2.28. The van der Waals surface area contributed by atoms with Crippen LogP contribution in [0.5, 0.6) is 0 Å². The molecule has 2 atom stereocenters. The Morgan fingerprint density at radius 1 is 0.957 bits per heavy atom. The summed E-state index contributed by atoms with van der Waals surface area (Å²) in [4.78, 5) is 39.7. The second kappa shape index (κ2) is 15.6. The summed E-state index contributed by atoms with van der Waals surface area (Å²) in [6.45, 7) is 0.891. The molecule has 5 N–H and O–H groups in total. The first-order valence-electron chi connectivity index (χ1n) is 16.4. The molecule has 2 aliphatic rings. The van der Waals surface area contributed by atoms with Gasteiger partial charge in [0.05, 0.1) is 18.1 Å². The topological polar surface area (TPSA) is 169 Å². The maximum absolute atomic E-state index is 13.5. The summed E-state index contributed by atoms with van der Waals surface area (Å²) in [5.74, 6) is -0.255. The number of carbonyl (C=O) groups is 3. The molecular formula is C34H45N7O5S. The Kier molecular flexibility index (Phi) is 11.3. The maximum atomic E-state index is 13.5. The molecular weight excluding hydrogens is 618 g/mol. The molecule has 1 aliphatic carbocycles. The number of nitrogen functional groups attached to an aromatic ring is 1. The number of carbonyl (C=O) groups excluding carboxylic acids is 3. The van der Waals surface area contributed by atoms with Crippen molar-refractivity contribution in [2.24, 2.45) is 5.92 Å². The zero-order valence-electron chi connectivity index (χ0n) is 26.9. The average molecular weight is 664 g/mol. The van der Waals surface area contributed by atoms with E-state index in [-0.39, 0.29) is 48.2 Å². The number of amides is 3. The normalized spacial score (nSPS) is 18.3. The number of para-hydroxylation sites is 1. The van der Waals surface area contributed by atoms with Crippen LogP contribution in [0.25, 0.3) is 5.69 Å². The lowest BCUT2D eigenvalue weighted by atomic mass is 9.85. The monoisotopic (exact) mass is 663 g/mol. The molecule has 1 aromatic heterocycles. The molecule has 5 rings (SSSR count). The van der Waals surface area contributed by atoms with Crippen LogP contribution in [0.3, 0.4) is 0 Å².